The van der Waals surface area contributed by atoms with Gasteiger partial charge < -0.3 is 9.52 Å². The number of sulfonamides is 1. The van der Waals surface area contributed by atoms with Crippen LogP contribution in [-0.2, 0) is 14.8 Å². The summed E-state index contributed by atoms with van der Waals surface area (Å²) in [5.41, 5.74) is 1.70. The van der Waals surface area contributed by atoms with E-state index in [1.165, 1.54) is 6.39 Å². The van der Waals surface area contributed by atoms with Gasteiger partial charge in [0.2, 0.25) is 22.3 Å². The molecule has 1 aromatic heterocycles. The van der Waals surface area contributed by atoms with Gasteiger partial charge >= 0.3 is 5.97 Å². The van der Waals surface area contributed by atoms with Gasteiger partial charge in [0.25, 0.3) is 0 Å². The number of carboxylic acids is 1. The highest BCUT2D eigenvalue weighted by Crippen LogP contribution is 2.24. The number of rotatable bonds is 6. The molecule has 2 rings (SSSR count). The number of hydrogen-bond donors (Lipinski definition) is 2. The van der Waals surface area contributed by atoms with Crippen molar-refractivity contribution in [1.29, 1.82) is 0 Å². The summed E-state index contributed by atoms with van der Waals surface area (Å²) in [6.45, 7) is 1.72. The van der Waals surface area contributed by atoms with Crippen LogP contribution < -0.4 is 4.72 Å². The summed E-state index contributed by atoms with van der Waals surface area (Å²) in [5.74, 6) is -1.31. The van der Waals surface area contributed by atoms with Crippen molar-refractivity contribution in [2.75, 3.05) is 10.5 Å². The molecule has 1 heterocycles. The average Bonchev–Trinajstić information content (AvgIpc) is 2.93. The zero-order chi connectivity index (χ0) is 15.5. The molecule has 0 spiro atoms. The highest BCUT2D eigenvalue weighted by Gasteiger charge is 2.15. The van der Waals surface area contributed by atoms with Crippen LogP contribution in [-0.4, -0.2) is 35.4 Å². The molecule has 21 heavy (non-hydrogen) atoms. The van der Waals surface area contributed by atoms with Gasteiger partial charge in [-0.05, 0) is 30.7 Å². The number of carboxylic acid groups (broad SMARTS) is 1. The summed E-state index contributed by atoms with van der Waals surface area (Å²) >= 11 is 0. The highest BCUT2D eigenvalue weighted by atomic mass is 32.2. The Morgan fingerprint density at radius 1 is 1.43 bits per heavy atom. The van der Waals surface area contributed by atoms with Crippen LogP contribution in [0.25, 0.3) is 11.5 Å². The molecule has 0 saturated carbocycles. The predicted octanol–water partition coefficient (Wildman–Crippen LogP) is 1.26. The fourth-order valence-electron chi connectivity index (χ4n) is 1.65. The number of nitrogens with zero attached hydrogens (tertiary/aromatic N) is 2. The number of benzene rings is 1. The SMILES string of the molecule is Cc1cc(-c2nnco2)ccc1NS(=O)(=O)CCC(=O)O. The molecular weight excluding hydrogens is 298 g/mol. The third kappa shape index (κ3) is 4.02. The second-order valence-electron chi connectivity index (χ2n) is 4.34. The highest BCUT2D eigenvalue weighted by molar-refractivity contribution is 7.92. The monoisotopic (exact) mass is 311 g/mol. The summed E-state index contributed by atoms with van der Waals surface area (Å²) in [5, 5.41) is 15.9. The Labute approximate surface area is 120 Å². The molecule has 8 nitrogen and oxygen atoms in total. The molecule has 0 bridgehead atoms. The first-order valence-electron chi connectivity index (χ1n) is 5.97. The van der Waals surface area contributed by atoms with E-state index in [9.17, 15) is 13.2 Å². The number of aryl methyl sites for hydroxylation is 1. The Kier molecular flexibility index (Phi) is 4.22. The minimum Gasteiger partial charge on any atom is -0.481 e. The standard InChI is InChI=1S/C12H13N3O5S/c1-8-6-9(12-14-13-7-20-12)2-3-10(8)15-21(18,19)5-4-11(16)17/h2-3,6-7,15H,4-5H2,1H3,(H,16,17). The smallest absolute Gasteiger partial charge is 0.304 e. The lowest BCUT2D eigenvalue weighted by molar-refractivity contribution is -0.136. The van der Waals surface area contributed by atoms with Crippen molar-refractivity contribution < 1.29 is 22.7 Å². The molecule has 0 aliphatic heterocycles. The van der Waals surface area contributed by atoms with E-state index in [2.05, 4.69) is 14.9 Å². The van der Waals surface area contributed by atoms with Gasteiger partial charge in [-0.25, -0.2) is 8.42 Å². The number of aromatic nitrogens is 2. The number of nitrogens with one attached hydrogen (secondary N) is 1. The molecule has 112 valence electrons. The van der Waals surface area contributed by atoms with E-state index in [0.29, 0.717) is 22.7 Å². The topological polar surface area (TPSA) is 122 Å². The second-order valence-corrected chi connectivity index (χ2v) is 6.18. The molecule has 9 heteroatoms. The van der Waals surface area contributed by atoms with Gasteiger partial charge in [-0.2, -0.15) is 0 Å². The van der Waals surface area contributed by atoms with Crippen LogP contribution in [0.15, 0.2) is 29.0 Å². The average molecular weight is 311 g/mol. The lowest BCUT2D eigenvalue weighted by Crippen LogP contribution is -2.19. The van der Waals surface area contributed by atoms with Crippen LogP contribution in [0.2, 0.25) is 0 Å². The molecule has 0 aliphatic carbocycles. The van der Waals surface area contributed by atoms with Gasteiger partial charge in [0.15, 0.2) is 0 Å². The molecule has 2 N–H and O–H groups in total. The Balaban J connectivity index is 2.16. The molecule has 0 saturated heterocycles. The number of anilines is 1. The molecule has 0 amide bonds. The lowest BCUT2D eigenvalue weighted by Gasteiger charge is -2.10. The number of hydrogen-bond acceptors (Lipinski definition) is 6. The maximum atomic E-state index is 11.8. The number of aliphatic carboxylic acids is 1. The summed E-state index contributed by atoms with van der Waals surface area (Å²) in [6.07, 6.45) is 0.752. The van der Waals surface area contributed by atoms with Crippen molar-refractivity contribution in [1.82, 2.24) is 10.2 Å². The van der Waals surface area contributed by atoms with E-state index < -0.39 is 28.2 Å². The van der Waals surface area contributed by atoms with Gasteiger partial charge in [0, 0.05) is 5.56 Å². The minimum absolute atomic E-state index is 0.332. The first-order chi connectivity index (χ1) is 9.87. The van der Waals surface area contributed by atoms with Crippen molar-refractivity contribution in [3.63, 3.8) is 0 Å². The van der Waals surface area contributed by atoms with Gasteiger partial charge in [0.05, 0.1) is 17.9 Å². The third-order valence-electron chi connectivity index (χ3n) is 2.68. The fourth-order valence-corrected chi connectivity index (χ4v) is 2.76. The number of carbonyl (C=O) groups is 1. The molecule has 1 aromatic carbocycles. The van der Waals surface area contributed by atoms with Gasteiger partial charge in [-0.3, -0.25) is 9.52 Å². The molecule has 0 radical (unpaired) electrons. The van der Waals surface area contributed by atoms with Crippen LogP contribution in [0.3, 0.4) is 0 Å². The van der Waals surface area contributed by atoms with Crippen molar-refractivity contribution in [3.05, 3.63) is 30.2 Å². The Morgan fingerprint density at radius 3 is 2.76 bits per heavy atom. The molecule has 0 fully saturated rings. The van der Waals surface area contributed by atoms with E-state index in [1.54, 1.807) is 25.1 Å². The predicted molar refractivity (Wildman–Crippen MR) is 74.1 cm³/mol. The largest absolute Gasteiger partial charge is 0.481 e. The molecule has 0 atom stereocenters. The summed E-state index contributed by atoms with van der Waals surface area (Å²) in [7, 11) is -3.70. The van der Waals surface area contributed by atoms with Crippen molar-refractivity contribution in [2.24, 2.45) is 0 Å². The normalized spacial score (nSPS) is 11.3. The first kappa shape index (κ1) is 15.0. The molecule has 0 aliphatic rings. The maximum absolute atomic E-state index is 11.8. The third-order valence-corrected chi connectivity index (χ3v) is 3.96. The van der Waals surface area contributed by atoms with Crippen molar-refractivity contribution >= 4 is 21.7 Å². The Hall–Kier alpha value is -2.42. The van der Waals surface area contributed by atoms with Gasteiger partial charge in [-0.1, -0.05) is 0 Å². The summed E-state index contributed by atoms with van der Waals surface area (Å²) < 4.78 is 30.9. The quantitative estimate of drug-likeness (QED) is 0.823. The second kappa shape index (κ2) is 5.92. The van der Waals surface area contributed by atoms with Crippen molar-refractivity contribution in [2.45, 2.75) is 13.3 Å². The summed E-state index contributed by atoms with van der Waals surface area (Å²) in [6, 6.07) is 4.89. The van der Waals surface area contributed by atoms with E-state index >= 15 is 0 Å². The van der Waals surface area contributed by atoms with E-state index in [0.717, 1.165) is 0 Å². The summed E-state index contributed by atoms with van der Waals surface area (Å²) in [4.78, 5) is 10.4. The van der Waals surface area contributed by atoms with Gasteiger partial charge in [0.1, 0.15) is 0 Å². The van der Waals surface area contributed by atoms with E-state index in [1.807, 2.05) is 0 Å². The van der Waals surface area contributed by atoms with E-state index in [-0.39, 0.29) is 0 Å². The van der Waals surface area contributed by atoms with Crippen LogP contribution in [0.1, 0.15) is 12.0 Å². The van der Waals surface area contributed by atoms with Crippen molar-refractivity contribution in [3.8, 4) is 11.5 Å². The Bertz CT molecular complexity index is 740. The first-order valence-corrected chi connectivity index (χ1v) is 7.62. The van der Waals surface area contributed by atoms with Crippen LogP contribution in [0.5, 0.6) is 0 Å². The van der Waals surface area contributed by atoms with Crippen LogP contribution in [0.4, 0.5) is 5.69 Å². The zero-order valence-corrected chi connectivity index (χ0v) is 11.9. The fraction of sp³-hybridized carbons (Fsp3) is 0.250. The molecule has 2 aromatic rings. The molecule has 0 unspecified atom stereocenters. The van der Waals surface area contributed by atoms with Gasteiger partial charge in [-0.15, -0.1) is 10.2 Å². The van der Waals surface area contributed by atoms with E-state index in [4.69, 9.17) is 9.52 Å². The maximum Gasteiger partial charge on any atom is 0.304 e. The lowest BCUT2D eigenvalue weighted by atomic mass is 10.1. The van der Waals surface area contributed by atoms with Crippen LogP contribution in [0, 0.1) is 6.92 Å². The molecular formula is C12H13N3O5S. The minimum atomic E-state index is -3.70. The van der Waals surface area contributed by atoms with Crippen LogP contribution >= 0.6 is 0 Å². The Morgan fingerprint density at radius 2 is 2.19 bits per heavy atom. The zero-order valence-electron chi connectivity index (χ0n) is 11.1.